The molecule has 0 saturated heterocycles. The molecule has 0 aliphatic rings. The standard InChI is InChI=1S/C15H13F2N4.ClH.Pt/c1-9-6-10(2)21(19-9)14-7-11(12(16)8-13(14)17)15-18-4-5-20(15)3;;/h4-6,8H,1-3H3;1H;/q-1;;+2/p-1. The van der Waals surface area contributed by atoms with Gasteiger partial charge in [0.15, 0.2) is 0 Å². The van der Waals surface area contributed by atoms with Gasteiger partial charge in [0, 0.05) is 36.6 Å². The molecule has 3 rings (SSSR count). The molecule has 0 spiro atoms. The first-order chi connectivity index (χ1) is 11.0. The average Bonchev–Trinajstić information content (AvgIpc) is 3.07. The van der Waals surface area contributed by atoms with Gasteiger partial charge in [-0.1, -0.05) is 11.6 Å². The topological polar surface area (TPSA) is 35.6 Å². The number of hydrogen-bond acceptors (Lipinski definition) is 2. The molecule has 4 nitrogen and oxygen atoms in total. The third kappa shape index (κ3) is 3.53. The van der Waals surface area contributed by atoms with Crippen molar-refractivity contribution in [1.29, 1.82) is 0 Å². The van der Waals surface area contributed by atoms with Crippen molar-refractivity contribution in [3.63, 3.8) is 0 Å². The van der Waals surface area contributed by atoms with Crippen molar-refractivity contribution in [3.05, 3.63) is 53.6 Å². The van der Waals surface area contributed by atoms with Gasteiger partial charge in [0.2, 0.25) is 0 Å². The van der Waals surface area contributed by atoms with E-state index in [0.29, 0.717) is 5.82 Å². The Morgan fingerprint density at radius 1 is 1.17 bits per heavy atom. The maximum atomic E-state index is 14.1. The summed E-state index contributed by atoms with van der Waals surface area (Å²) >= 11 is 1.61. The van der Waals surface area contributed by atoms with Gasteiger partial charge in [0.25, 0.3) is 0 Å². The van der Waals surface area contributed by atoms with E-state index in [0.717, 1.165) is 17.5 Å². The van der Waals surface area contributed by atoms with Gasteiger partial charge in [-0.15, -0.1) is 6.07 Å². The summed E-state index contributed by atoms with van der Waals surface area (Å²) in [7, 11) is 6.35. The molecule has 0 radical (unpaired) electrons. The maximum absolute atomic E-state index is 14.1. The number of rotatable bonds is 2. The monoisotopic (exact) mass is 517 g/mol. The molecule has 3 aromatic rings. The fourth-order valence-electron chi connectivity index (χ4n) is 2.27. The Kier molecular flexibility index (Phi) is 5.71. The fourth-order valence-corrected chi connectivity index (χ4v) is 2.27. The second kappa shape index (κ2) is 7.37. The Labute approximate surface area is 147 Å². The van der Waals surface area contributed by atoms with Crippen LogP contribution in [0, 0.1) is 31.5 Å². The third-order valence-corrected chi connectivity index (χ3v) is 3.23. The Morgan fingerprint density at radius 3 is 2.39 bits per heavy atom. The van der Waals surface area contributed by atoms with Crippen molar-refractivity contribution in [2.45, 2.75) is 13.8 Å². The molecule has 0 aliphatic carbocycles. The predicted molar refractivity (Wildman–Crippen MR) is 79.8 cm³/mol. The molecule has 124 valence electrons. The minimum atomic E-state index is -0.711. The predicted octanol–water partition coefficient (Wildman–Crippen LogP) is 3.66. The van der Waals surface area contributed by atoms with E-state index in [9.17, 15) is 8.78 Å². The van der Waals surface area contributed by atoms with Gasteiger partial charge in [-0.05, 0) is 19.9 Å². The van der Waals surface area contributed by atoms with Crippen LogP contribution < -0.4 is 0 Å². The minimum absolute atomic E-state index is 0.0833. The summed E-state index contributed by atoms with van der Waals surface area (Å²) in [4.78, 5) is 4.08. The summed E-state index contributed by atoms with van der Waals surface area (Å²) in [5.41, 5.74) is 1.70. The Balaban J connectivity index is 0.000000924. The molecule has 23 heavy (non-hydrogen) atoms. The molecule has 1 aromatic carbocycles. The zero-order chi connectivity index (χ0) is 17.1. The van der Waals surface area contributed by atoms with E-state index < -0.39 is 11.6 Å². The molecule has 0 atom stereocenters. The molecule has 0 saturated carbocycles. The third-order valence-electron chi connectivity index (χ3n) is 3.23. The zero-order valence-corrected chi connectivity index (χ0v) is 15.6. The van der Waals surface area contributed by atoms with Gasteiger partial charge < -0.3 is 4.57 Å². The molecule has 2 heterocycles. The number of aryl methyl sites for hydroxylation is 3. The van der Waals surface area contributed by atoms with Crippen LogP contribution in [0.4, 0.5) is 8.78 Å². The summed E-state index contributed by atoms with van der Waals surface area (Å²) in [6, 6.07) is 5.42. The first kappa shape index (κ1) is 17.8. The van der Waals surface area contributed by atoms with Gasteiger partial charge in [-0.3, -0.25) is 18.4 Å². The van der Waals surface area contributed by atoms with Gasteiger partial charge in [-0.25, -0.2) is 0 Å². The summed E-state index contributed by atoms with van der Waals surface area (Å²) in [5.74, 6) is -1.03. The number of benzene rings is 1. The van der Waals surface area contributed by atoms with E-state index >= 15 is 0 Å². The van der Waals surface area contributed by atoms with Crippen molar-refractivity contribution in [2.75, 3.05) is 0 Å². The van der Waals surface area contributed by atoms with Crippen LogP contribution in [-0.2, 0) is 25.8 Å². The van der Waals surface area contributed by atoms with Crippen molar-refractivity contribution < 1.29 is 27.6 Å². The van der Waals surface area contributed by atoms with Crippen molar-refractivity contribution in [2.24, 2.45) is 7.05 Å². The molecule has 8 heteroatoms. The average molecular weight is 518 g/mol. The van der Waals surface area contributed by atoms with E-state index in [1.54, 1.807) is 49.7 Å². The molecule has 0 amide bonds. The normalized spacial score (nSPS) is 10.4. The van der Waals surface area contributed by atoms with Gasteiger partial charge in [0.1, 0.15) is 0 Å². The van der Waals surface area contributed by atoms with Gasteiger partial charge in [0.05, 0.1) is 17.3 Å². The van der Waals surface area contributed by atoms with E-state index in [2.05, 4.69) is 25.6 Å². The first-order valence-corrected chi connectivity index (χ1v) is 9.33. The van der Waals surface area contributed by atoms with E-state index in [1.165, 1.54) is 4.68 Å². The SMILES string of the molecule is Cc1cc(C)n(-c2[c-]c(-c3nccn3C)c(F)cc2F)n1.[Cl][Pt+]. The second-order valence-corrected chi connectivity index (χ2v) is 4.89. The Bertz CT molecular complexity index is 829. The number of aromatic nitrogens is 4. The fraction of sp³-hybridized carbons (Fsp3) is 0.200. The van der Waals surface area contributed by atoms with E-state index in [4.69, 9.17) is 0 Å². The molecule has 0 fully saturated rings. The first-order valence-electron chi connectivity index (χ1n) is 6.52. The quantitative estimate of drug-likeness (QED) is 0.487. The van der Waals surface area contributed by atoms with Crippen LogP contribution in [-0.4, -0.2) is 19.3 Å². The zero-order valence-electron chi connectivity index (χ0n) is 12.5. The molecular formula is C15H13ClF2N4Pt. The Hall–Kier alpha value is -1.52. The van der Waals surface area contributed by atoms with Crippen LogP contribution in [0.1, 0.15) is 11.4 Å². The van der Waals surface area contributed by atoms with Crippen molar-refractivity contribution in [1.82, 2.24) is 19.3 Å². The van der Waals surface area contributed by atoms with Gasteiger partial charge >= 0.3 is 28.2 Å². The van der Waals surface area contributed by atoms with Crippen LogP contribution >= 0.6 is 9.42 Å². The number of nitrogens with zero attached hydrogens (tertiary/aromatic N) is 4. The van der Waals surface area contributed by atoms with Crippen molar-refractivity contribution in [3.8, 4) is 17.1 Å². The molecule has 2 aromatic heterocycles. The van der Waals surface area contributed by atoms with E-state index in [1.807, 2.05) is 13.0 Å². The number of imidazole rings is 1. The summed E-state index contributed by atoms with van der Waals surface area (Å²) < 4.78 is 31.2. The molecule has 0 aliphatic heterocycles. The van der Waals surface area contributed by atoms with Crippen LogP contribution in [0.15, 0.2) is 24.5 Å². The second-order valence-electron chi connectivity index (χ2n) is 4.89. The summed E-state index contributed by atoms with van der Waals surface area (Å²) in [6.45, 7) is 3.61. The van der Waals surface area contributed by atoms with Crippen molar-refractivity contribution >= 4 is 9.42 Å². The summed E-state index contributed by atoms with van der Waals surface area (Å²) in [5, 5.41) is 4.21. The molecule has 0 N–H and O–H groups in total. The Morgan fingerprint density at radius 2 is 1.87 bits per heavy atom. The van der Waals surface area contributed by atoms with Crippen LogP contribution in [0.5, 0.6) is 0 Å². The van der Waals surface area contributed by atoms with Crippen LogP contribution in [0.3, 0.4) is 0 Å². The van der Waals surface area contributed by atoms with Crippen LogP contribution in [0.2, 0.25) is 0 Å². The number of hydrogen-bond donors (Lipinski definition) is 0. The van der Waals surface area contributed by atoms with Gasteiger partial charge in [-0.2, -0.15) is 5.10 Å². The molecular weight excluding hydrogens is 505 g/mol. The number of halogens is 3. The molecule has 0 bridgehead atoms. The van der Waals surface area contributed by atoms with Crippen LogP contribution in [0.25, 0.3) is 17.1 Å². The van der Waals surface area contributed by atoms with E-state index in [-0.39, 0.29) is 11.3 Å². The summed E-state index contributed by atoms with van der Waals surface area (Å²) in [6.07, 6.45) is 3.24. The molecule has 0 unspecified atom stereocenters.